The van der Waals surface area contributed by atoms with Crippen molar-refractivity contribution in [1.82, 2.24) is 30.5 Å². The molecule has 0 bridgehead atoms. The topological polar surface area (TPSA) is 106 Å². The number of nitrogens with zero attached hydrogens (tertiary/aromatic N) is 5. The van der Waals surface area contributed by atoms with Crippen molar-refractivity contribution >= 4 is 5.91 Å². The Balaban J connectivity index is 2.14. The molecule has 1 aromatic carbocycles. The number of halogens is 1. The first-order valence-corrected chi connectivity index (χ1v) is 8.33. The molecule has 140 valence electrons. The summed E-state index contributed by atoms with van der Waals surface area (Å²) < 4.78 is 15.9. The van der Waals surface area contributed by atoms with Crippen LogP contribution in [0, 0.1) is 19.7 Å². The van der Waals surface area contributed by atoms with E-state index in [1.54, 1.807) is 45.2 Å². The summed E-state index contributed by atoms with van der Waals surface area (Å²) in [6, 6.07) is 5.76. The van der Waals surface area contributed by atoms with Crippen molar-refractivity contribution in [2.45, 2.75) is 26.8 Å². The lowest BCUT2D eigenvalue weighted by molar-refractivity contribution is 0.0922. The molecule has 0 radical (unpaired) electrons. The van der Waals surface area contributed by atoms with E-state index >= 15 is 0 Å². The summed E-state index contributed by atoms with van der Waals surface area (Å²) in [7, 11) is 0. The van der Waals surface area contributed by atoms with Gasteiger partial charge in [-0.3, -0.25) is 9.78 Å². The van der Waals surface area contributed by atoms with Gasteiger partial charge in [-0.25, -0.2) is 4.39 Å². The van der Waals surface area contributed by atoms with Crippen LogP contribution in [0.5, 0.6) is 0 Å². The molecular formula is C18H19FN6O2. The monoisotopic (exact) mass is 370 g/mol. The fraction of sp³-hybridized carbons (Fsp3) is 0.278. The highest BCUT2D eigenvalue weighted by atomic mass is 19.1. The number of nitrogens with one attached hydrogen (secondary N) is 1. The van der Waals surface area contributed by atoms with Crippen LogP contribution in [-0.2, 0) is 0 Å². The number of tetrazole rings is 1. The van der Waals surface area contributed by atoms with E-state index < -0.39 is 17.8 Å². The van der Waals surface area contributed by atoms with Crippen LogP contribution in [-0.4, -0.2) is 48.9 Å². The van der Waals surface area contributed by atoms with Gasteiger partial charge >= 0.3 is 0 Å². The second-order valence-electron chi connectivity index (χ2n) is 6.31. The van der Waals surface area contributed by atoms with Crippen molar-refractivity contribution in [2.24, 2.45) is 0 Å². The maximum Gasteiger partial charge on any atom is 0.251 e. The maximum atomic E-state index is 14.4. The number of rotatable bonds is 5. The highest BCUT2D eigenvalue weighted by Crippen LogP contribution is 2.25. The zero-order valence-electron chi connectivity index (χ0n) is 15.1. The molecule has 0 aliphatic rings. The molecule has 0 aliphatic heterocycles. The SMILES string of the molecule is Cc1cnc(-c2cc(C(=O)N[C@@H](C)CO)cc(-n3nnnc3C)c2)c(F)c1. The van der Waals surface area contributed by atoms with Crippen LogP contribution >= 0.6 is 0 Å². The quantitative estimate of drug-likeness (QED) is 0.707. The Labute approximate surface area is 155 Å². The van der Waals surface area contributed by atoms with Gasteiger partial charge in [0.2, 0.25) is 0 Å². The second-order valence-corrected chi connectivity index (χ2v) is 6.31. The van der Waals surface area contributed by atoms with E-state index in [2.05, 4.69) is 25.8 Å². The zero-order valence-corrected chi connectivity index (χ0v) is 15.1. The van der Waals surface area contributed by atoms with Gasteiger partial charge in [0.05, 0.1) is 12.3 Å². The van der Waals surface area contributed by atoms with E-state index in [4.69, 9.17) is 5.11 Å². The number of aliphatic hydroxyl groups excluding tert-OH is 1. The zero-order chi connectivity index (χ0) is 19.6. The van der Waals surface area contributed by atoms with E-state index in [0.29, 0.717) is 22.6 Å². The van der Waals surface area contributed by atoms with E-state index in [-0.39, 0.29) is 17.9 Å². The Kier molecular flexibility index (Phi) is 5.22. The van der Waals surface area contributed by atoms with Crippen LogP contribution in [0.3, 0.4) is 0 Å². The number of hydrogen-bond acceptors (Lipinski definition) is 6. The number of aromatic nitrogens is 5. The number of benzene rings is 1. The Bertz CT molecular complexity index is 988. The smallest absolute Gasteiger partial charge is 0.251 e. The summed E-state index contributed by atoms with van der Waals surface area (Å²) in [5, 5.41) is 23.2. The molecule has 1 amide bonds. The van der Waals surface area contributed by atoms with E-state index in [0.717, 1.165) is 0 Å². The molecule has 0 fully saturated rings. The van der Waals surface area contributed by atoms with Crippen molar-refractivity contribution in [3.8, 4) is 16.9 Å². The van der Waals surface area contributed by atoms with Crippen LogP contribution < -0.4 is 5.32 Å². The Morgan fingerprint density at radius 3 is 2.70 bits per heavy atom. The lowest BCUT2D eigenvalue weighted by atomic mass is 10.0. The molecule has 0 unspecified atom stereocenters. The predicted molar refractivity (Wildman–Crippen MR) is 95.8 cm³/mol. The fourth-order valence-corrected chi connectivity index (χ4v) is 2.57. The van der Waals surface area contributed by atoms with Gasteiger partial charge in [-0.05, 0) is 61.0 Å². The predicted octanol–water partition coefficient (Wildman–Crippen LogP) is 1.59. The summed E-state index contributed by atoms with van der Waals surface area (Å²) >= 11 is 0. The molecular weight excluding hydrogens is 351 g/mol. The van der Waals surface area contributed by atoms with Crippen LogP contribution in [0.1, 0.15) is 28.7 Å². The van der Waals surface area contributed by atoms with Crippen molar-refractivity contribution in [3.63, 3.8) is 0 Å². The minimum absolute atomic E-state index is 0.123. The molecule has 3 aromatic rings. The third-order valence-electron chi connectivity index (χ3n) is 3.95. The van der Waals surface area contributed by atoms with Gasteiger partial charge in [0.15, 0.2) is 5.82 Å². The number of amides is 1. The van der Waals surface area contributed by atoms with Crippen molar-refractivity contribution < 1.29 is 14.3 Å². The number of hydrogen-bond donors (Lipinski definition) is 2. The molecule has 0 aliphatic carbocycles. The van der Waals surface area contributed by atoms with E-state index in [1.165, 1.54) is 10.7 Å². The largest absolute Gasteiger partial charge is 0.394 e. The number of pyridine rings is 1. The molecule has 2 aromatic heterocycles. The van der Waals surface area contributed by atoms with Crippen molar-refractivity contribution in [2.75, 3.05) is 6.61 Å². The average molecular weight is 370 g/mol. The van der Waals surface area contributed by atoms with Crippen LogP contribution in [0.15, 0.2) is 30.5 Å². The average Bonchev–Trinajstić information content (AvgIpc) is 3.07. The van der Waals surface area contributed by atoms with Crippen LogP contribution in [0.25, 0.3) is 16.9 Å². The fourth-order valence-electron chi connectivity index (χ4n) is 2.57. The Hall–Kier alpha value is -3.20. The number of carbonyl (C=O) groups excluding carboxylic acids is 1. The lowest BCUT2D eigenvalue weighted by Gasteiger charge is -2.13. The van der Waals surface area contributed by atoms with Crippen molar-refractivity contribution in [3.05, 3.63) is 53.2 Å². The maximum absolute atomic E-state index is 14.4. The van der Waals surface area contributed by atoms with Gasteiger partial charge in [-0.1, -0.05) is 0 Å². The summed E-state index contributed by atoms with van der Waals surface area (Å²) in [6.45, 7) is 4.94. The van der Waals surface area contributed by atoms with Gasteiger partial charge in [0.25, 0.3) is 5.91 Å². The molecule has 27 heavy (non-hydrogen) atoms. The van der Waals surface area contributed by atoms with E-state index in [1.807, 2.05) is 0 Å². The summed E-state index contributed by atoms with van der Waals surface area (Å²) in [4.78, 5) is 16.7. The summed E-state index contributed by atoms with van der Waals surface area (Å²) in [5.41, 5.74) is 2.01. The molecule has 0 spiro atoms. The molecule has 2 heterocycles. The summed E-state index contributed by atoms with van der Waals surface area (Å²) in [6.07, 6.45) is 1.56. The molecule has 8 nitrogen and oxygen atoms in total. The van der Waals surface area contributed by atoms with Crippen molar-refractivity contribution in [1.29, 1.82) is 0 Å². The third-order valence-corrected chi connectivity index (χ3v) is 3.95. The molecule has 2 N–H and O–H groups in total. The normalized spacial score (nSPS) is 12.0. The van der Waals surface area contributed by atoms with Gasteiger partial charge in [0.1, 0.15) is 11.5 Å². The first-order valence-electron chi connectivity index (χ1n) is 8.33. The lowest BCUT2D eigenvalue weighted by Crippen LogP contribution is -2.35. The molecule has 0 saturated heterocycles. The Morgan fingerprint density at radius 2 is 2.07 bits per heavy atom. The van der Waals surface area contributed by atoms with E-state index in [9.17, 15) is 9.18 Å². The molecule has 1 atom stereocenters. The number of carbonyl (C=O) groups is 1. The standard InChI is InChI=1S/C18H19FN6O2/c1-10-4-16(19)17(20-8-10)13-5-14(18(27)21-11(2)9-26)7-15(6-13)25-12(3)22-23-24-25/h4-8,11,26H,9H2,1-3H3,(H,21,27)/t11-/m0/s1. The number of aryl methyl sites for hydroxylation is 2. The first kappa shape index (κ1) is 18.6. The van der Waals surface area contributed by atoms with Gasteiger partial charge in [-0.2, -0.15) is 4.68 Å². The van der Waals surface area contributed by atoms with Gasteiger partial charge in [0, 0.05) is 23.4 Å². The molecule has 9 heteroatoms. The first-order chi connectivity index (χ1) is 12.9. The van der Waals surface area contributed by atoms with Gasteiger partial charge in [-0.15, -0.1) is 5.10 Å². The van der Waals surface area contributed by atoms with Crippen LogP contribution in [0.2, 0.25) is 0 Å². The van der Waals surface area contributed by atoms with Gasteiger partial charge < -0.3 is 10.4 Å². The van der Waals surface area contributed by atoms with Crippen LogP contribution in [0.4, 0.5) is 4.39 Å². The molecule has 3 rings (SSSR count). The Morgan fingerprint density at radius 1 is 1.30 bits per heavy atom. The second kappa shape index (κ2) is 7.58. The minimum atomic E-state index is -0.490. The molecule has 0 saturated carbocycles. The minimum Gasteiger partial charge on any atom is -0.394 e. The highest BCUT2D eigenvalue weighted by molar-refractivity contribution is 5.96. The number of aliphatic hydroxyl groups is 1. The summed E-state index contributed by atoms with van der Waals surface area (Å²) in [5.74, 6) is -0.381. The highest BCUT2D eigenvalue weighted by Gasteiger charge is 2.16. The third kappa shape index (κ3) is 3.98.